The maximum atomic E-state index is 10.7. The lowest BCUT2D eigenvalue weighted by Crippen LogP contribution is -2.00. The zero-order valence-electron chi connectivity index (χ0n) is 9.78. The quantitative estimate of drug-likeness (QED) is 0.719. The number of hydrogen-bond acceptors (Lipinski definition) is 4. The first-order valence-corrected chi connectivity index (χ1v) is 5.10. The Labute approximate surface area is 95.1 Å². The van der Waals surface area contributed by atoms with E-state index in [4.69, 9.17) is 14.2 Å². The summed E-state index contributed by atoms with van der Waals surface area (Å²) in [5, 5.41) is 0. The SMILES string of the molecule is CCOc1ccc(COC(C)=O)cc1OC. The van der Waals surface area contributed by atoms with E-state index >= 15 is 0 Å². The molecule has 0 heterocycles. The second kappa shape index (κ2) is 6.00. The lowest BCUT2D eigenvalue weighted by atomic mass is 10.2. The molecule has 0 bridgehead atoms. The van der Waals surface area contributed by atoms with Gasteiger partial charge in [-0.1, -0.05) is 6.07 Å². The molecule has 1 aromatic rings. The van der Waals surface area contributed by atoms with Crippen molar-refractivity contribution in [2.75, 3.05) is 13.7 Å². The number of hydrogen-bond donors (Lipinski definition) is 0. The smallest absolute Gasteiger partial charge is 0.302 e. The maximum absolute atomic E-state index is 10.7. The molecule has 0 aliphatic heterocycles. The first-order chi connectivity index (χ1) is 7.67. The molecular formula is C12H16O4. The van der Waals surface area contributed by atoms with E-state index in [9.17, 15) is 4.79 Å². The van der Waals surface area contributed by atoms with Crippen LogP contribution in [0, 0.1) is 0 Å². The number of esters is 1. The molecule has 0 aliphatic rings. The van der Waals surface area contributed by atoms with Gasteiger partial charge in [-0.3, -0.25) is 4.79 Å². The van der Waals surface area contributed by atoms with Crippen molar-refractivity contribution in [2.45, 2.75) is 20.5 Å². The highest BCUT2D eigenvalue weighted by Crippen LogP contribution is 2.28. The number of benzene rings is 1. The van der Waals surface area contributed by atoms with E-state index in [1.165, 1.54) is 6.92 Å². The molecule has 4 heteroatoms. The largest absolute Gasteiger partial charge is 0.493 e. The van der Waals surface area contributed by atoms with Crippen LogP contribution in [0.25, 0.3) is 0 Å². The van der Waals surface area contributed by atoms with Gasteiger partial charge in [-0.15, -0.1) is 0 Å². The van der Waals surface area contributed by atoms with Crippen LogP contribution in [0.15, 0.2) is 18.2 Å². The van der Waals surface area contributed by atoms with Crippen molar-refractivity contribution in [3.05, 3.63) is 23.8 Å². The fourth-order valence-corrected chi connectivity index (χ4v) is 1.26. The summed E-state index contributed by atoms with van der Waals surface area (Å²) >= 11 is 0. The van der Waals surface area contributed by atoms with Crippen LogP contribution in [0.3, 0.4) is 0 Å². The molecule has 1 rings (SSSR count). The van der Waals surface area contributed by atoms with Crippen LogP contribution in [0.4, 0.5) is 0 Å². The molecule has 0 aliphatic carbocycles. The minimum Gasteiger partial charge on any atom is -0.493 e. The van der Waals surface area contributed by atoms with Crippen LogP contribution in [-0.4, -0.2) is 19.7 Å². The third kappa shape index (κ3) is 3.46. The van der Waals surface area contributed by atoms with Gasteiger partial charge in [0.15, 0.2) is 11.5 Å². The van der Waals surface area contributed by atoms with E-state index in [0.717, 1.165) is 5.56 Å². The molecule has 16 heavy (non-hydrogen) atoms. The summed E-state index contributed by atoms with van der Waals surface area (Å²) in [6.07, 6.45) is 0. The zero-order valence-corrected chi connectivity index (χ0v) is 9.78. The van der Waals surface area contributed by atoms with Crippen molar-refractivity contribution in [1.82, 2.24) is 0 Å². The molecule has 1 aromatic carbocycles. The zero-order chi connectivity index (χ0) is 12.0. The highest BCUT2D eigenvalue weighted by atomic mass is 16.5. The Hall–Kier alpha value is -1.71. The van der Waals surface area contributed by atoms with Crippen LogP contribution in [-0.2, 0) is 16.1 Å². The summed E-state index contributed by atoms with van der Waals surface area (Å²) in [7, 11) is 1.58. The summed E-state index contributed by atoms with van der Waals surface area (Å²) in [5.41, 5.74) is 0.871. The number of carbonyl (C=O) groups is 1. The van der Waals surface area contributed by atoms with Crippen molar-refractivity contribution in [3.8, 4) is 11.5 Å². The standard InChI is InChI=1S/C12H16O4/c1-4-15-11-6-5-10(7-12(11)14-3)8-16-9(2)13/h5-7H,4,8H2,1-3H3. The van der Waals surface area contributed by atoms with Crippen LogP contribution >= 0.6 is 0 Å². The number of methoxy groups -OCH3 is 1. The fourth-order valence-electron chi connectivity index (χ4n) is 1.26. The van der Waals surface area contributed by atoms with Gasteiger partial charge in [-0.2, -0.15) is 0 Å². The topological polar surface area (TPSA) is 44.8 Å². The Morgan fingerprint density at radius 2 is 2.06 bits per heavy atom. The molecule has 4 nitrogen and oxygen atoms in total. The van der Waals surface area contributed by atoms with Crippen LogP contribution in [0.1, 0.15) is 19.4 Å². The molecule has 0 N–H and O–H groups in total. The number of rotatable bonds is 5. The molecule has 0 saturated heterocycles. The fraction of sp³-hybridized carbons (Fsp3) is 0.417. The molecular weight excluding hydrogens is 208 g/mol. The van der Waals surface area contributed by atoms with Gasteiger partial charge in [-0.25, -0.2) is 0 Å². The average molecular weight is 224 g/mol. The first-order valence-electron chi connectivity index (χ1n) is 5.10. The van der Waals surface area contributed by atoms with Crippen LogP contribution in [0.2, 0.25) is 0 Å². The highest BCUT2D eigenvalue weighted by Gasteiger charge is 2.05. The van der Waals surface area contributed by atoms with Gasteiger partial charge >= 0.3 is 5.97 Å². The van der Waals surface area contributed by atoms with Gasteiger partial charge in [0.25, 0.3) is 0 Å². The molecule has 0 saturated carbocycles. The van der Waals surface area contributed by atoms with Crippen molar-refractivity contribution in [1.29, 1.82) is 0 Å². The average Bonchev–Trinajstić information content (AvgIpc) is 2.28. The molecule has 88 valence electrons. The summed E-state index contributed by atoms with van der Waals surface area (Å²) in [4.78, 5) is 10.7. The Bertz CT molecular complexity index is 360. The molecule has 0 spiro atoms. The lowest BCUT2D eigenvalue weighted by Gasteiger charge is -2.10. The van der Waals surface area contributed by atoms with E-state index in [1.54, 1.807) is 19.2 Å². The third-order valence-corrected chi connectivity index (χ3v) is 1.97. The predicted octanol–water partition coefficient (Wildman–Crippen LogP) is 2.16. The summed E-state index contributed by atoms with van der Waals surface area (Å²) in [5.74, 6) is 1.04. The van der Waals surface area contributed by atoms with Crippen molar-refractivity contribution in [2.24, 2.45) is 0 Å². The lowest BCUT2D eigenvalue weighted by molar-refractivity contribution is -0.142. The Kier molecular flexibility index (Phi) is 4.64. The van der Waals surface area contributed by atoms with Crippen LogP contribution in [0.5, 0.6) is 11.5 Å². The predicted molar refractivity (Wildman–Crippen MR) is 59.6 cm³/mol. The van der Waals surface area contributed by atoms with Gasteiger partial charge in [0.2, 0.25) is 0 Å². The van der Waals surface area contributed by atoms with E-state index in [-0.39, 0.29) is 12.6 Å². The maximum Gasteiger partial charge on any atom is 0.302 e. The molecule has 0 radical (unpaired) electrons. The van der Waals surface area contributed by atoms with Crippen molar-refractivity contribution >= 4 is 5.97 Å². The van der Waals surface area contributed by atoms with E-state index < -0.39 is 0 Å². The minimum atomic E-state index is -0.298. The second-order valence-electron chi connectivity index (χ2n) is 3.20. The normalized spacial score (nSPS) is 9.69. The van der Waals surface area contributed by atoms with Gasteiger partial charge in [0, 0.05) is 6.92 Å². The van der Waals surface area contributed by atoms with Crippen molar-refractivity contribution < 1.29 is 19.0 Å². The molecule has 0 fully saturated rings. The Morgan fingerprint density at radius 1 is 1.31 bits per heavy atom. The molecule has 0 unspecified atom stereocenters. The second-order valence-corrected chi connectivity index (χ2v) is 3.20. The van der Waals surface area contributed by atoms with Gasteiger partial charge < -0.3 is 14.2 Å². The molecule has 0 aromatic heterocycles. The van der Waals surface area contributed by atoms with Gasteiger partial charge in [0.05, 0.1) is 13.7 Å². The van der Waals surface area contributed by atoms with Gasteiger partial charge in [0.1, 0.15) is 6.61 Å². The number of ether oxygens (including phenoxy) is 3. The van der Waals surface area contributed by atoms with E-state index in [2.05, 4.69) is 0 Å². The Morgan fingerprint density at radius 3 is 2.62 bits per heavy atom. The number of carbonyl (C=O) groups excluding carboxylic acids is 1. The summed E-state index contributed by atoms with van der Waals surface area (Å²) < 4.78 is 15.4. The summed E-state index contributed by atoms with van der Waals surface area (Å²) in [6, 6.07) is 5.45. The first kappa shape index (κ1) is 12.4. The minimum absolute atomic E-state index is 0.248. The van der Waals surface area contributed by atoms with E-state index in [1.807, 2.05) is 13.0 Å². The van der Waals surface area contributed by atoms with Gasteiger partial charge in [-0.05, 0) is 24.6 Å². The Balaban J connectivity index is 2.77. The third-order valence-electron chi connectivity index (χ3n) is 1.97. The summed E-state index contributed by atoms with van der Waals surface area (Å²) in [6.45, 7) is 4.12. The van der Waals surface area contributed by atoms with Crippen LogP contribution < -0.4 is 9.47 Å². The molecule has 0 atom stereocenters. The highest BCUT2D eigenvalue weighted by molar-refractivity contribution is 5.65. The van der Waals surface area contributed by atoms with Crippen molar-refractivity contribution in [3.63, 3.8) is 0 Å². The monoisotopic (exact) mass is 224 g/mol. The molecule has 0 amide bonds. The van der Waals surface area contributed by atoms with E-state index in [0.29, 0.717) is 18.1 Å².